The van der Waals surface area contributed by atoms with E-state index in [9.17, 15) is 15.3 Å². The molecule has 0 saturated carbocycles. The molecular weight excluding hydrogens is 365 g/mol. The number of aliphatic hydroxyl groups excluding tert-OH is 2. The highest BCUT2D eigenvalue weighted by Crippen LogP contribution is 2.24. The molecule has 0 aliphatic heterocycles. The zero-order chi connectivity index (χ0) is 17.4. The molecule has 0 aromatic heterocycles. The zero-order valence-corrected chi connectivity index (χ0v) is 15.2. The number of halogens is 2. The Labute approximate surface area is 158 Å². The number of benzene rings is 2. The molecule has 0 amide bonds. The van der Waals surface area contributed by atoms with Gasteiger partial charge in [-0.25, -0.2) is 0 Å². The predicted octanol–water partition coefficient (Wildman–Crippen LogP) is 2.40. The van der Waals surface area contributed by atoms with E-state index < -0.39 is 6.10 Å². The molecule has 2 rings (SSSR count). The first-order valence-corrected chi connectivity index (χ1v) is 8.14. The van der Waals surface area contributed by atoms with Crippen molar-refractivity contribution < 1.29 is 20.1 Å². The maximum absolute atomic E-state index is 9.98. The number of hydrogen-bond acceptors (Lipinski definition) is 5. The van der Waals surface area contributed by atoms with Gasteiger partial charge < -0.3 is 25.4 Å². The molecule has 0 unspecified atom stereocenters. The largest absolute Gasteiger partial charge is 0.506 e. The number of ether oxygens (including phenoxy) is 1. The van der Waals surface area contributed by atoms with Crippen molar-refractivity contribution in [3.63, 3.8) is 0 Å². The zero-order valence-electron chi connectivity index (χ0n) is 13.6. The second-order valence-corrected chi connectivity index (χ2v) is 5.96. The molecule has 2 atom stereocenters. The van der Waals surface area contributed by atoms with Gasteiger partial charge in [0.1, 0.15) is 24.2 Å². The van der Waals surface area contributed by atoms with E-state index in [1.165, 1.54) is 6.07 Å². The topological polar surface area (TPSA) is 82.0 Å². The number of hydrogen-bond donors (Lipinski definition) is 4. The fourth-order valence-electron chi connectivity index (χ4n) is 2.23. The van der Waals surface area contributed by atoms with Crippen molar-refractivity contribution in [2.24, 2.45) is 0 Å². The summed E-state index contributed by atoms with van der Waals surface area (Å²) >= 11 is 5.88. The van der Waals surface area contributed by atoms with Crippen LogP contribution in [0.5, 0.6) is 11.5 Å². The van der Waals surface area contributed by atoms with Crippen LogP contribution >= 0.6 is 24.0 Å². The third-order valence-corrected chi connectivity index (χ3v) is 3.85. The molecule has 25 heavy (non-hydrogen) atoms. The third kappa shape index (κ3) is 7.50. The summed E-state index contributed by atoms with van der Waals surface area (Å²) in [4.78, 5) is 0. The Kier molecular flexibility index (Phi) is 9.63. The van der Waals surface area contributed by atoms with Crippen molar-refractivity contribution >= 4 is 24.0 Å². The minimum atomic E-state index is -0.692. The van der Waals surface area contributed by atoms with E-state index in [-0.39, 0.29) is 42.4 Å². The number of para-hydroxylation sites is 1. The van der Waals surface area contributed by atoms with Crippen molar-refractivity contribution in [3.05, 3.63) is 59.1 Å². The van der Waals surface area contributed by atoms with Crippen LogP contribution in [0.2, 0.25) is 5.02 Å². The molecule has 0 heterocycles. The molecule has 7 heteroatoms. The van der Waals surface area contributed by atoms with Crippen molar-refractivity contribution in [1.82, 2.24) is 5.32 Å². The van der Waals surface area contributed by atoms with E-state index in [0.717, 1.165) is 5.56 Å². The number of rotatable bonds is 9. The standard InChI is InChI=1S/C18H22ClNO4.ClH/c19-17-9-13(6-7-18(17)23)8-14(11-21)20-10-15(22)12-24-16-4-2-1-3-5-16;/h1-7,9,14-15,20-23H,8,10-12H2;1H/t14-,15-;/m0./s1. The van der Waals surface area contributed by atoms with Gasteiger partial charge in [-0.05, 0) is 36.2 Å². The van der Waals surface area contributed by atoms with E-state index in [2.05, 4.69) is 5.32 Å². The van der Waals surface area contributed by atoms with Gasteiger partial charge in [-0.15, -0.1) is 12.4 Å². The lowest BCUT2D eigenvalue weighted by Crippen LogP contribution is -2.41. The van der Waals surface area contributed by atoms with Crippen LogP contribution in [0.4, 0.5) is 0 Å². The van der Waals surface area contributed by atoms with Gasteiger partial charge in [-0.3, -0.25) is 0 Å². The molecule has 4 N–H and O–H groups in total. The van der Waals surface area contributed by atoms with Gasteiger partial charge in [0.15, 0.2) is 0 Å². The minimum Gasteiger partial charge on any atom is -0.506 e. The van der Waals surface area contributed by atoms with Crippen LogP contribution in [-0.2, 0) is 6.42 Å². The lowest BCUT2D eigenvalue weighted by molar-refractivity contribution is 0.0997. The predicted molar refractivity (Wildman–Crippen MR) is 101 cm³/mol. The minimum absolute atomic E-state index is 0. The molecule has 0 spiro atoms. The highest BCUT2D eigenvalue weighted by molar-refractivity contribution is 6.32. The van der Waals surface area contributed by atoms with Gasteiger partial charge in [0.25, 0.3) is 0 Å². The average Bonchev–Trinajstić information content (AvgIpc) is 2.60. The van der Waals surface area contributed by atoms with Crippen molar-refractivity contribution in [3.8, 4) is 11.5 Å². The number of nitrogens with one attached hydrogen (secondary N) is 1. The third-order valence-electron chi connectivity index (χ3n) is 3.54. The number of phenols is 1. The second kappa shape index (κ2) is 11.2. The quantitative estimate of drug-likeness (QED) is 0.531. The van der Waals surface area contributed by atoms with Crippen LogP contribution in [-0.4, -0.2) is 47.2 Å². The van der Waals surface area contributed by atoms with E-state index in [1.807, 2.05) is 30.3 Å². The summed E-state index contributed by atoms with van der Waals surface area (Å²) in [6.07, 6.45) is -0.161. The first kappa shape index (κ1) is 21.5. The maximum Gasteiger partial charge on any atom is 0.134 e. The Bertz CT molecular complexity index is 628. The SMILES string of the molecule is Cl.OC[C@H](Cc1ccc(O)c(Cl)c1)NC[C@H](O)COc1ccccc1. The smallest absolute Gasteiger partial charge is 0.134 e. The van der Waals surface area contributed by atoms with Crippen molar-refractivity contribution in [2.45, 2.75) is 18.6 Å². The van der Waals surface area contributed by atoms with Crippen molar-refractivity contribution in [1.29, 1.82) is 0 Å². The van der Waals surface area contributed by atoms with Gasteiger partial charge in [0, 0.05) is 12.6 Å². The molecule has 0 bridgehead atoms. The monoisotopic (exact) mass is 387 g/mol. The van der Waals surface area contributed by atoms with E-state index in [4.69, 9.17) is 16.3 Å². The fourth-order valence-corrected chi connectivity index (χ4v) is 2.44. The lowest BCUT2D eigenvalue weighted by Gasteiger charge is -2.19. The molecular formula is C18H23Cl2NO4. The normalized spacial score (nSPS) is 12.9. The molecule has 5 nitrogen and oxygen atoms in total. The highest BCUT2D eigenvalue weighted by atomic mass is 35.5. The summed E-state index contributed by atoms with van der Waals surface area (Å²) in [6.45, 7) is 0.384. The molecule has 0 aliphatic rings. The van der Waals surface area contributed by atoms with Gasteiger partial charge in [0.05, 0.1) is 11.6 Å². The van der Waals surface area contributed by atoms with E-state index >= 15 is 0 Å². The summed E-state index contributed by atoms with van der Waals surface area (Å²) in [7, 11) is 0. The van der Waals surface area contributed by atoms with Gasteiger partial charge in [-0.1, -0.05) is 35.9 Å². The van der Waals surface area contributed by atoms with Gasteiger partial charge >= 0.3 is 0 Å². The molecule has 138 valence electrons. The van der Waals surface area contributed by atoms with Crippen LogP contribution in [0.25, 0.3) is 0 Å². The van der Waals surface area contributed by atoms with Gasteiger partial charge in [0.2, 0.25) is 0 Å². The Morgan fingerprint density at radius 3 is 2.48 bits per heavy atom. The summed E-state index contributed by atoms with van der Waals surface area (Å²) in [6, 6.07) is 14.0. The molecule has 0 saturated heterocycles. The van der Waals surface area contributed by atoms with E-state index in [1.54, 1.807) is 12.1 Å². The summed E-state index contributed by atoms with van der Waals surface area (Å²) in [5.41, 5.74) is 0.888. The average molecular weight is 388 g/mol. The van der Waals surface area contributed by atoms with E-state index in [0.29, 0.717) is 18.7 Å². The molecule has 2 aromatic carbocycles. The molecule has 0 radical (unpaired) electrons. The Morgan fingerprint density at radius 1 is 1.12 bits per heavy atom. The molecule has 0 aliphatic carbocycles. The molecule has 2 aromatic rings. The van der Waals surface area contributed by atoms with Crippen molar-refractivity contribution in [2.75, 3.05) is 19.8 Å². The first-order valence-electron chi connectivity index (χ1n) is 7.76. The number of aliphatic hydroxyl groups is 2. The summed E-state index contributed by atoms with van der Waals surface area (Å²) < 4.78 is 5.48. The Hall–Kier alpha value is -1.50. The molecule has 0 fully saturated rings. The van der Waals surface area contributed by atoms with Crippen LogP contribution in [0.3, 0.4) is 0 Å². The Morgan fingerprint density at radius 2 is 1.84 bits per heavy atom. The van der Waals surface area contributed by atoms with Crippen LogP contribution in [0.15, 0.2) is 48.5 Å². The van der Waals surface area contributed by atoms with Gasteiger partial charge in [-0.2, -0.15) is 0 Å². The second-order valence-electron chi connectivity index (χ2n) is 5.56. The van der Waals surface area contributed by atoms with Crippen LogP contribution < -0.4 is 10.1 Å². The number of aromatic hydroxyl groups is 1. The maximum atomic E-state index is 9.98. The van der Waals surface area contributed by atoms with Crippen LogP contribution in [0, 0.1) is 0 Å². The summed E-state index contributed by atoms with van der Waals surface area (Å²) in [5.74, 6) is 0.733. The first-order chi connectivity index (χ1) is 11.6. The highest BCUT2D eigenvalue weighted by Gasteiger charge is 2.12. The lowest BCUT2D eigenvalue weighted by atomic mass is 10.1. The fraction of sp³-hybridized carbons (Fsp3) is 0.333. The number of phenolic OH excluding ortho intramolecular Hbond substituents is 1. The van der Waals surface area contributed by atoms with Crippen LogP contribution in [0.1, 0.15) is 5.56 Å². The summed E-state index contributed by atoms with van der Waals surface area (Å²) in [5, 5.41) is 32.3. The Balaban J connectivity index is 0.00000312.